The third kappa shape index (κ3) is 2.71. The third-order valence-electron chi connectivity index (χ3n) is 4.38. The Hall–Kier alpha value is -2.96. The van der Waals surface area contributed by atoms with Gasteiger partial charge in [-0.2, -0.15) is 4.98 Å². The van der Waals surface area contributed by atoms with E-state index in [9.17, 15) is 4.79 Å². The molecule has 0 N–H and O–H groups in total. The van der Waals surface area contributed by atoms with Crippen LogP contribution in [0, 0.1) is 6.92 Å². The van der Waals surface area contributed by atoms with Gasteiger partial charge >= 0.3 is 5.97 Å². The van der Waals surface area contributed by atoms with Crippen molar-refractivity contribution in [3.63, 3.8) is 0 Å². The molecular weight excluding hydrogens is 320 g/mol. The smallest absolute Gasteiger partial charge is 0.376 e. The summed E-state index contributed by atoms with van der Waals surface area (Å²) in [4.78, 5) is 22.9. The van der Waals surface area contributed by atoms with E-state index in [1.807, 2.05) is 13.0 Å². The number of carbonyl (C=O) groups is 1. The molecule has 0 saturated heterocycles. The van der Waals surface area contributed by atoms with Crippen LogP contribution in [0.15, 0.2) is 28.8 Å². The number of anilines is 1. The van der Waals surface area contributed by atoms with Crippen LogP contribution in [0.5, 0.6) is 0 Å². The molecule has 1 aromatic carbocycles. The minimum Gasteiger partial charge on any atom is -0.460 e. The second kappa shape index (κ2) is 6.16. The number of carbonyl (C=O) groups excluding carboxylic acids is 1. The maximum absolute atomic E-state index is 12.1. The zero-order valence-corrected chi connectivity index (χ0v) is 14.2. The number of nitrogens with zero attached hydrogens (tertiary/aromatic N) is 4. The molecular formula is C18H18N4O3. The van der Waals surface area contributed by atoms with Crippen LogP contribution in [-0.2, 0) is 17.7 Å². The molecule has 3 heterocycles. The lowest BCUT2D eigenvalue weighted by molar-refractivity contribution is 0.0512. The number of hydrogen-bond donors (Lipinski definition) is 0. The number of aromatic nitrogens is 3. The van der Waals surface area contributed by atoms with Gasteiger partial charge in [-0.15, -0.1) is 0 Å². The molecule has 2 aromatic heterocycles. The molecule has 0 aliphatic carbocycles. The lowest BCUT2D eigenvalue weighted by atomic mass is 10.00. The highest BCUT2D eigenvalue weighted by molar-refractivity contribution is 5.93. The minimum atomic E-state index is -0.558. The molecule has 0 unspecified atom stereocenters. The Balaban J connectivity index is 1.80. The largest absolute Gasteiger partial charge is 0.460 e. The summed E-state index contributed by atoms with van der Waals surface area (Å²) in [6, 6.07) is 8.36. The first-order valence-electron chi connectivity index (χ1n) is 8.30. The van der Waals surface area contributed by atoms with Crippen molar-refractivity contribution < 1.29 is 14.1 Å². The van der Waals surface area contributed by atoms with E-state index in [0.29, 0.717) is 17.2 Å². The maximum Gasteiger partial charge on any atom is 0.376 e. The van der Waals surface area contributed by atoms with Crippen molar-refractivity contribution >= 4 is 22.9 Å². The summed E-state index contributed by atoms with van der Waals surface area (Å²) in [7, 11) is 0. The fraction of sp³-hybridized carbons (Fsp3) is 0.333. The lowest BCUT2D eigenvalue weighted by Crippen LogP contribution is -2.31. The average Bonchev–Trinajstić information content (AvgIpc) is 3.02. The second-order valence-electron chi connectivity index (χ2n) is 5.98. The molecule has 4 rings (SSSR count). The van der Waals surface area contributed by atoms with Crippen LogP contribution in [-0.4, -0.2) is 34.2 Å². The normalized spacial score (nSPS) is 13.8. The van der Waals surface area contributed by atoms with Crippen molar-refractivity contribution in [1.29, 1.82) is 0 Å². The molecule has 0 atom stereocenters. The van der Waals surface area contributed by atoms with Crippen molar-refractivity contribution in [3.05, 3.63) is 46.9 Å². The van der Waals surface area contributed by atoms with E-state index in [1.54, 1.807) is 6.92 Å². The molecule has 0 amide bonds. The van der Waals surface area contributed by atoms with Gasteiger partial charge in [0.1, 0.15) is 11.2 Å². The van der Waals surface area contributed by atoms with Gasteiger partial charge in [-0.25, -0.2) is 9.78 Å². The predicted molar refractivity (Wildman–Crippen MR) is 91.5 cm³/mol. The number of hydrogen-bond acceptors (Lipinski definition) is 7. The minimum absolute atomic E-state index is 0.000594. The van der Waals surface area contributed by atoms with E-state index in [-0.39, 0.29) is 12.4 Å². The lowest BCUT2D eigenvalue weighted by Gasteiger charge is -2.30. The quantitative estimate of drug-likeness (QED) is 0.679. The first-order chi connectivity index (χ1) is 12.2. The Morgan fingerprint density at radius 1 is 1.28 bits per heavy atom. The summed E-state index contributed by atoms with van der Waals surface area (Å²) in [5.41, 5.74) is 3.62. The summed E-state index contributed by atoms with van der Waals surface area (Å²) in [5, 5.41) is 4.73. The van der Waals surface area contributed by atoms with Gasteiger partial charge in [0.15, 0.2) is 0 Å². The number of aryl methyl sites for hydroxylation is 1. The molecule has 0 radical (unpaired) electrons. The summed E-state index contributed by atoms with van der Waals surface area (Å²) < 4.78 is 10.3. The number of rotatable bonds is 3. The third-order valence-corrected chi connectivity index (χ3v) is 4.38. The Bertz CT molecular complexity index is 951. The van der Waals surface area contributed by atoms with Crippen LogP contribution in [0.25, 0.3) is 11.1 Å². The van der Waals surface area contributed by atoms with Crippen molar-refractivity contribution in [1.82, 2.24) is 15.1 Å². The summed E-state index contributed by atoms with van der Waals surface area (Å²) in [6.45, 7) is 5.38. The van der Waals surface area contributed by atoms with Crippen LogP contribution in [0.1, 0.15) is 34.4 Å². The highest BCUT2D eigenvalue weighted by Gasteiger charge is 2.25. The van der Waals surface area contributed by atoms with E-state index in [4.69, 9.17) is 9.26 Å². The Morgan fingerprint density at radius 2 is 2.08 bits per heavy atom. The van der Waals surface area contributed by atoms with Gasteiger partial charge in [-0.1, -0.05) is 29.4 Å². The number of ether oxygens (including phenoxy) is 1. The molecule has 0 spiro atoms. The van der Waals surface area contributed by atoms with Crippen LogP contribution in [0.2, 0.25) is 0 Å². The topological polar surface area (TPSA) is 81.4 Å². The molecule has 0 saturated carbocycles. The number of esters is 1. The van der Waals surface area contributed by atoms with Gasteiger partial charge in [0, 0.05) is 13.1 Å². The first-order valence-corrected chi connectivity index (χ1v) is 8.30. The Morgan fingerprint density at radius 3 is 2.88 bits per heavy atom. The van der Waals surface area contributed by atoms with E-state index in [1.165, 1.54) is 11.1 Å². The fourth-order valence-electron chi connectivity index (χ4n) is 3.16. The average molecular weight is 338 g/mol. The monoisotopic (exact) mass is 338 g/mol. The van der Waals surface area contributed by atoms with Gasteiger partial charge < -0.3 is 14.2 Å². The van der Waals surface area contributed by atoms with Gasteiger partial charge in [-0.3, -0.25) is 0 Å². The summed E-state index contributed by atoms with van der Waals surface area (Å²) in [5.74, 6) is 0.109. The van der Waals surface area contributed by atoms with Gasteiger partial charge in [0.25, 0.3) is 5.71 Å². The maximum atomic E-state index is 12.1. The molecule has 7 heteroatoms. The van der Waals surface area contributed by atoms with E-state index < -0.39 is 5.97 Å². The van der Waals surface area contributed by atoms with Crippen molar-refractivity contribution in [2.45, 2.75) is 26.8 Å². The molecule has 1 aliphatic heterocycles. The van der Waals surface area contributed by atoms with Crippen molar-refractivity contribution in [2.75, 3.05) is 18.1 Å². The van der Waals surface area contributed by atoms with Crippen LogP contribution in [0.3, 0.4) is 0 Å². The van der Waals surface area contributed by atoms with Crippen LogP contribution >= 0.6 is 0 Å². The molecule has 128 valence electrons. The first kappa shape index (κ1) is 15.6. The second-order valence-corrected chi connectivity index (χ2v) is 5.98. The predicted octanol–water partition coefficient (Wildman–Crippen LogP) is 2.67. The van der Waals surface area contributed by atoms with E-state index in [2.05, 4.69) is 38.2 Å². The highest BCUT2D eigenvalue weighted by atomic mass is 16.5. The van der Waals surface area contributed by atoms with Crippen molar-refractivity contribution in [3.8, 4) is 0 Å². The van der Waals surface area contributed by atoms with E-state index in [0.717, 1.165) is 24.9 Å². The zero-order chi connectivity index (χ0) is 17.4. The summed E-state index contributed by atoms with van der Waals surface area (Å²) in [6.07, 6.45) is 0.917. The molecule has 3 aromatic rings. The van der Waals surface area contributed by atoms with E-state index >= 15 is 0 Å². The molecule has 1 aliphatic rings. The Kier molecular flexibility index (Phi) is 3.83. The highest BCUT2D eigenvalue weighted by Crippen LogP contribution is 2.30. The van der Waals surface area contributed by atoms with Gasteiger partial charge in [0.2, 0.25) is 5.82 Å². The van der Waals surface area contributed by atoms with Crippen molar-refractivity contribution in [2.24, 2.45) is 0 Å². The molecule has 25 heavy (non-hydrogen) atoms. The van der Waals surface area contributed by atoms with Crippen LogP contribution < -0.4 is 4.90 Å². The fourth-order valence-corrected chi connectivity index (χ4v) is 3.16. The van der Waals surface area contributed by atoms with Crippen LogP contribution in [0.4, 0.5) is 5.82 Å². The number of fused-ring (bicyclic) bond motifs is 2. The van der Waals surface area contributed by atoms with Gasteiger partial charge in [-0.05, 0) is 31.4 Å². The molecule has 7 nitrogen and oxygen atoms in total. The SMILES string of the molecule is CCOC(=O)c1nc(N2CCc3ccccc3C2)c2c(C)noc2n1. The zero-order valence-electron chi connectivity index (χ0n) is 14.2. The summed E-state index contributed by atoms with van der Waals surface area (Å²) >= 11 is 0. The standard InChI is InChI=1S/C18H18N4O3/c1-3-24-18(23)15-19-16(14-11(2)21-25-17(14)20-15)22-9-8-12-6-4-5-7-13(12)10-22/h4-7H,3,8-10H2,1-2H3. The number of benzene rings is 1. The van der Waals surface area contributed by atoms with Gasteiger partial charge in [0.05, 0.1) is 12.3 Å². The molecule has 0 fully saturated rings. The Labute approximate surface area is 144 Å². The molecule has 0 bridgehead atoms.